The first kappa shape index (κ1) is 8.89. The Morgan fingerprint density at radius 1 is 2.00 bits per heavy atom. The molecule has 0 aliphatic heterocycles. The summed E-state index contributed by atoms with van der Waals surface area (Å²) in [7, 11) is 0. The zero-order chi connectivity index (χ0) is 2.71. The fraction of sp³-hybridized carbons (Fsp3) is 0. The predicted molar refractivity (Wildman–Crippen MR) is 13.9 cm³/mol. The van der Waals surface area contributed by atoms with E-state index in [9.17, 15) is 0 Å². The van der Waals surface area contributed by atoms with E-state index in [4.69, 9.17) is 5.26 Å². The molecule has 3 heteroatoms. The number of rotatable bonds is 0. The fourth-order valence-corrected chi connectivity index (χ4v) is 0. The van der Waals surface area contributed by atoms with Crippen molar-refractivity contribution in [3.8, 4) is 4.97 Å². The Morgan fingerprint density at radius 3 is 2.00 bits per heavy atom. The SMILES string of the molecule is N#C[SeH].[H-].[Na+]. The van der Waals surface area contributed by atoms with Gasteiger partial charge in [0.25, 0.3) is 0 Å². The van der Waals surface area contributed by atoms with E-state index in [2.05, 4.69) is 0 Å². The van der Waals surface area contributed by atoms with Gasteiger partial charge in [0.05, 0.1) is 0 Å². The van der Waals surface area contributed by atoms with E-state index in [1.807, 2.05) is 0 Å². The average Bonchev–Trinajstić information content (AvgIpc) is 0.918. The molecule has 0 atom stereocenters. The Morgan fingerprint density at radius 2 is 2.00 bits per heavy atom. The van der Waals surface area contributed by atoms with Crippen LogP contribution in [0.15, 0.2) is 0 Å². The van der Waals surface area contributed by atoms with Gasteiger partial charge in [-0.2, -0.15) is 0 Å². The molecule has 0 aliphatic carbocycles. The van der Waals surface area contributed by atoms with Crippen molar-refractivity contribution >= 4 is 16.0 Å². The largest absolute Gasteiger partial charge is 1.00 e. The summed E-state index contributed by atoms with van der Waals surface area (Å²) in [4.78, 5) is 1.69. The minimum absolute atomic E-state index is 0. The van der Waals surface area contributed by atoms with Crippen LogP contribution in [0.25, 0.3) is 0 Å². The van der Waals surface area contributed by atoms with E-state index in [1.54, 1.807) is 21.0 Å². The van der Waals surface area contributed by atoms with Crippen LogP contribution >= 0.6 is 0 Å². The molecule has 0 rings (SSSR count). The van der Waals surface area contributed by atoms with Crippen molar-refractivity contribution in [2.75, 3.05) is 0 Å². The summed E-state index contributed by atoms with van der Waals surface area (Å²) in [6.07, 6.45) is 0. The minimum Gasteiger partial charge on any atom is -1.00 e. The molecule has 0 spiro atoms. The van der Waals surface area contributed by atoms with Crippen LogP contribution in [0.3, 0.4) is 0 Å². The van der Waals surface area contributed by atoms with Gasteiger partial charge in [-0.3, -0.25) is 0 Å². The third-order valence-electron chi connectivity index (χ3n) is 0. The quantitative estimate of drug-likeness (QED) is 0.312. The molecule has 0 saturated carbocycles. The molecule has 18 valence electrons. The van der Waals surface area contributed by atoms with Crippen LogP contribution in [0.1, 0.15) is 1.43 Å². The fourth-order valence-electron chi connectivity index (χ4n) is 0. The molecule has 0 unspecified atom stereocenters. The van der Waals surface area contributed by atoms with Gasteiger partial charge < -0.3 is 1.43 Å². The number of hydrogen-bond donors (Lipinski definition) is 0. The van der Waals surface area contributed by atoms with Crippen molar-refractivity contribution in [1.82, 2.24) is 0 Å². The van der Waals surface area contributed by atoms with Crippen molar-refractivity contribution in [3.63, 3.8) is 0 Å². The molecule has 0 N–H and O–H groups in total. The third-order valence-corrected chi connectivity index (χ3v) is 0. The van der Waals surface area contributed by atoms with Crippen LogP contribution in [0.2, 0.25) is 0 Å². The summed E-state index contributed by atoms with van der Waals surface area (Å²) in [5.74, 6) is 0. The van der Waals surface area contributed by atoms with Crippen LogP contribution in [-0.2, 0) is 0 Å². The molecule has 1 nitrogen and oxygen atoms in total. The van der Waals surface area contributed by atoms with Gasteiger partial charge in [-0.05, 0) is 0 Å². The second kappa shape index (κ2) is 8.99. The zero-order valence-electron chi connectivity index (χ0n) is 3.39. The maximum absolute atomic E-state index is 7.29. The topological polar surface area (TPSA) is 23.8 Å². The van der Waals surface area contributed by atoms with Gasteiger partial charge in [-0.1, -0.05) is 0 Å². The van der Waals surface area contributed by atoms with E-state index in [0.29, 0.717) is 0 Å². The molecule has 4 heavy (non-hydrogen) atoms. The molecule has 0 aromatic rings. The number of hydrogen-bond acceptors (Lipinski definition) is 1. The summed E-state index contributed by atoms with van der Waals surface area (Å²) in [5, 5.41) is 7.29. The third kappa shape index (κ3) is 11.9. The average molecular weight is 130 g/mol. The first-order valence-corrected chi connectivity index (χ1v) is 1.39. The smallest absolute Gasteiger partial charge is 1.00 e. The Hall–Kier alpha value is 1.01. The van der Waals surface area contributed by atoms with Crippen LogP contribution in [0, 0.1) is 10.2 Å². The van der Waals surface area contributed by atoms with Gasteiger partial charge >= 0.3 is 55.8 Å². The van der Waals surface area contributed by atoms with Gasteiger partial charge in [0.1, 0.15) is 0 Å². The number of nitriles is 1. The Balaban J connectivity index is -0.0000000200. The van der Waals surface area contributed by atoms with Gasteiger partial charge in [0.2, 0.25) is 0 Å². The molecule has 0 fully saturated rings. The van der Waals surface area contributed by atoms with E-state index in [-0.39, 0.29) is 31.0 Å². The molecule has 0 bridgehead atoms. The maximum atomic E-state index is 7.29. The normalized spacial score (nSPS) is 2.00. The second-order valence-corrected chi connectivity index (χ2v) is 0.520. The molecule has 0 amide bonds. The summed E-state index contributed by atoms with van der Waals surface area (Å²) in [5.41, 5.74) is 0. The maximum Gasteiger partial charge on any atom is 1.00 e. The van der Waals surface area contributed by atoms with Crippen molar-refractivity contribution in [1.29, 1.82) is 5.26 Å². The molecule has 0 saturated heterocycles. The van der Waals surface area contributed by atoms with E-state index >= 15 is 0 Å². The van der Waals surface area contributed by atoms with Crippen LogP contribution in [0.5, 0.6) is 0 Å². The molecule has 0 aromatic heterocycles. The van der Waals surface area contributed by atoms with Crippen LogP contribution < -0.4 is 29.6 Å². The first-order chi connectivity index (χ1) is 1.41. The summed E-state index contributed by atoms with van der Waals surface area (Å²) in [6.45, 7) is 0. The van der Waals surface area contributed by atoms with Gasteiger partial charge in [-0.15, -0.1) is 0 Å². The predicted octanol–water partition coefficient (Wildman–Crippen LogP) is -3.52. The van der Waals surface area contributed by atoms with Crippen molar-refractivity contribution in [2.24, 2.45) is 0 Å². The van der Waals surface area contributed by atoms with E-state index < -0.39 is 0 Å². The molecule has 0 aliphatic rings. The van der Waals surface area contributed by atoms with Gasteiger partial charge in [0.15, 0.2) is 0 Å². The van der Waals surface area contributed by atoms with Crippen molar-refractivity contribution in [2.45, 2.75) is 0 Å². The Kier molecular flexibility index (Phi) is 20.0. The monoisotopic (exact) mass is 131 g/mol. The van der Waals surface area contributed by atoms with Crippen molar-refractivity contribution in [3.05, 3.63) is 0 Å². The second-order valence-electron chi connectivity index (χ2n) is 0.100. The zero-order valence-corrected chi connectivity index (χ0v) is 6.27. The molecule has 0 radical (unpaired) electrons. The van der Waals surface area contributed by atoms with Crippen LogP contribution in [-0.4, -0.2) is 16.0 Å². The standard InChI is InChI=1S/CHNSe.Na.H/c2-1-3;;/h3H;;/q;+1;-1. The Bertz CT molecular complexity index is 33.1. The number of nitrogens with zero attached hydrogens (tertiary/aromatic N) is 1. The molecule has 0 heterocycles. The molecule has 0 aromatic carbocycles. The summed E-state index contributed by atoms with van der Waals surface area (Å²) >= 11 is 1.77. The van der Waals surface area contributed by atoms with Crippen LogP contribution in [0.4, 0.5) is 0 Å². The molecular weight excluding hydrogens is 128 g/mol. The summed E-state index contributed by atoms with van der Waals surface area (Å²) < 4.78 is 0. The van der Waals surface area contributed by atoms with Crippen molar-refractivity contribution < 1.29 is 31.0 Å². The summed E-state index contributed by atoms with van der Waals surface area (Å²) in [6, 6.07) is 0. The first-order valence-electron chi connectivity index (χ1n) is 0.447. The van der Waals surface area contributed by atoms with Gasteiger partial charge in [0, 0.05) is 0 Å². The van der Waals surface area contributed by atoms with E-state index in [0.717, 1.165) is 0 Å². The van der Waals surface area contributed by atoms with Gasteiger partial charge in [-0.25, -0.2) is 0 Å². The minimum atomic E-state index is 0. The van der Waals surface area contributed by atoms with E-state index in [1.165, 1.54) is 0 Å². The Labute approximate surface area is 57.0 Å². The molecular formula is CH2NNaSe.